The van der Waals surface area contributed by atoms with Gasteiger partial charge in [-0.15, -0.1) is 0 Å². The molecule has 1 aliphatic rings. The summed E-state index contributed by atoms with van der Waals surface area (Å²) in [5.74, 6) is 1.41. The summed E-state index contributed by atoms with van der Waals surface area (Å²) in [6.45, 7) is 4.17. The van der Waals surface area contributed by atoms with E-state index < -0.39 is 9.84 Å². The Kier molecular flexibility index (Phi) is 5.52. The lowest BCUT2D eigenvalue weighted by atomic mass is 10.0. The Labute approximate surface area is 126 Å². The molecule has 1 fully saturated rings. The SMILES string of the molecule is C[C@H]1SCCN(CCCS(C)(=O)=O)[C@@H]1c1ccccc1. The van der Waals surface area contributed by atoms with Crippen molar-refractivity contribution in [3.05, 3.63) is 35.9 Å². The van der Waals surface area contributed by atoms with Crippen LogP contribution in [0.2, 0.25) is 0 Å². The summed E-state index contributed by atoms with van der Waals surface area (Å²) in [7, 11) is -2.85. The first-order chi connectivity index (χ1) is 9.47. The number of rotatable bonds is 5. The first kappa shape index (κ1) is 15.9. The zero-order valence-electron chi connectivity index (χ0n) is 12.2. The molecular formula is C15H23NO2S2. The van der Waals surface area contributed by atoms with E-state index in [2.05, 4.69) is 36.1 Å². The predicted octanol–water partition coefficient (Wildman–Crippen LogP) is 2.60. The summed E-state index contributed by atoms with van der Waals surface area (Å²) in [6.07, 6.45) is 2.04. The van der Waals surface area contributed by atoms with Crippen molar-refractivity contribution in [2.24, 2.45) is 0 Å². The van der Waals surface area contributed by atoms with Crippen LogP contribution in [0.1, 0.15) is 24.9 Å². The zero-order chi connectivity index (χ0) is 14.6. The molecule has 1 aromatic rings. The van der Waals surface area contributed by atoms with Gasteiger partial charge in [0.1, 0.15) is 9.84 Å². The lowest BCUT2D eigenvalue weighted by Crippen LogP contribution is -2.41. The summed E-state index contributed by atoms with van der Waals surface area (Å²) in [4.78, 5) is 2.45. The quantitative estimate of drug-likeness (QED) is 0.837. The molecule has 0 N–H and O–H groups in total. The van der Waals surface area contributed by atoms with E-state index in [9.17, 15) is 8.42 Å². The average Bonchev–Trinajstić information content (AvgIpc) is 2.38. The summed E-state index contributed by atoms with van der Waals surface area (Å²) in [6, 6.07) is 11.0. The smallest absolute Gasteiger partial charge is 0.147 e. The second-order valence-electron chi connectivity index (χ2n) is 5.45. The van der Waals surface area contributed by atoms with Gasteiger partial charge in [-0.1, -0.05) is 37.3 Å². The fourth-order valence-corrected chi connectivity index (χ4v) is 4.67. The Hall–Kier alpha value is -0.520. The van der Waals surface area contributed by atoms with Crippen molar-refractivity contribution in [2.45, 2.75) is 24.6 Å². The van der Waals surface area contributed by atoms with Gasteiger partial charge in [0.25, 0.3) is 0 Å². The second-order valence-corrected chi connectivity index (χ2v) is 9.20. The van der Waals surface area contributed by atoms with Crippen molar-refractivity contribution in [3.8, 4) is 0 Å². The average molecular weight is 313 g/mol. The highest BCUT2D eigenvalue weighted by molar-refractivity contribution is 8.00. The van der Waals surface area contributed by atoms with Gasteiger partial charge in [-0.05, 0) is 18.5 Å². The molecule has 0 saturated carbocycles. The summed E-state index contributed by atoms with van der Waals surface area (Å²) < 4.78 is 22.5. The fourth-order valence-electron chi connectivity index (χ4n) is 2.80. The highest BCUT2D eigenvalue weighted by Crippen LogP contribution is 2.35. The van der Waals surface area contributed by atoms with Gasteiger partial charge in [0.15, 0.2) is 0 Å². The largest absolute Gasteiger partial charge is 0.294 e. The van der Waals surface area contributed by atoms with Crippen molar-refractivity contribution in [1.29, 1.82) is 0 Å². The van der Waals surface area contributed by atoms with Crippen LogP contribution in [0.15, 0.2) is 30.3 Å². The molecule has 3 nitrogen and oxygen atoms in total. The topological polar surface area (TPSA) is 37.4 Å². The van der Waals surface area contributed by atoms with E-state index in [0.717, 1.165) is 25.3 Å². The van der Waals surface area contributed by atoms with Crippen LogP contribution in [0, 0.1) is 0 Å². The highest BCUT2D eigenvalue weighted by Gasteiger charge is 2.29. The maximum atomic E-state index is 11.3. The Morgan fingerprint density at radius 3 is 2.65 bits per heavy atom. The minimum Gasteiger partial charge on any atom is -0.294 e. The molecule has 1 saturated heterocycles. The van der Waals surface area contributed by atoms with E-state index in [0.29, 0.717) is 11.3 Å². The first-order valence-corrected chi connectivity index (χ1v) is 10.2. The van der Waals surface area contributed by atoms with Gasteiger partial charge in [0, 0.05) is 29.8 Å². The van der Waals surface area contributed by atoms with Crippen LogP contribution >= 0.6 is 11.8 Å². The van der Waals surface area contributed by atoms with Crippen molar-refractivity contribution in [2.75, 3.05) is 30.9 Å². The van der Waals surface area contributed by atoms with Crippen LogP contribution in [-0.4, -0.2) is 49.4 Å². The molecule has 2 atom stereocenters. The molecule has 0 aliphatic carbocycles. The van der Waals surface area contributed by atoms with Gasteiger partial charge in [-0.3, -0.25) is 4.90 Å². The third-order valence-electron chi connectivity index (χ3n) is 3.70. The Bertz CT molecular complexity index is 516. The molecule has 112 valence electrons. The lowest BCUT2D eigenvalue weighted by molar-refractivity contribution is 0.201. The van der Waals surface area contributed by atoms with Gasteiger partial charge < -0.3 is 0 Å². The molecule has 20 heavy (non-hydrogen) atoms. The summed E-state index contributed by atoms with van der Waals surface area (Å²) in [5.41, 5.74) is 1.34. The fraction of sp³-hybridized carbons (Fsp3) is 0.600. The molecule has 2 rings (SSSR count). The number of benzene rings is 1. The van der Waals surface area contributed by atoms with Gasteiger partial charge in [-0.25, -0.2) is 8.42 Å². The van der Waals surface area contributed by atoms with Crippen LogP contribution in [0.3, 0.4) is 0 Å². The van der Waals surface area contributed by atoms with E-state index in [-0.39, 0.29) is 5.75 Å². The van der Waals surface area contributed by atoms with Crippen molar-refractivity contribution < 1.29 is 8.42 Å². The minimum absolute atomic E-state index is 0.284. The highest BCUT2D eigenvalue weighted by atomic mass is 32.2. The molecule has 1 heterocycles. The molecule has 0 unspecified atom stereocenters. The predicted molar refractivity (Wildman–Crippen MR) is 87.0 cm³/mol. The standard InChI is InChI=1S/C15H23NO2S2/c1-13-15(14-7-4-3-5-8-14)16(10-11-19-13)9-6-12-20(2,17)18/h3-5,7-8,13,15H,6,9-12H2,1-2H3/t13-,15+/m1/s1. The molecule has 0 amide bonds. The lowest BCUT2D eigenvalue weighted by Gasteiger charge is -2.40. The van der Waals surface area contributed by atoms with Gasteiger partial charge in [-0.2, -0.15) is 11.8 Å². The van der Waals surface area contributed by atoms with Crippen LogP contribution < -0.4 is 0 Å². The van der Waals surface area contributed by atoms with Crippen molar-refractivity contribution >= 4 is 21.6 Å². The third kappa shape index (κ3) is 4.50. The Morgan fingerprint density at radius 2 is 2.00 bits per heavy atom. The third-order valence-corrected chi connectivity index (χ3v) is 5.93. The molecule has 0 bridgehead atoms. The number of hydrogen-bond acceptors (Lipinski definition) is 4. The maximum Gasteiger partial charge on any atom is 0.147 e. The molecule has 5 heteroatoms. The van der Waals surface area contributed by atoms with E-state index >= 15 is 0 Å². The second kappa shape index (κ2) is 6.96. The maximum absolute atomic E-state index is 11.3. The molecule has 0 spiro atoms. The van der Waals surface area contributed by atoms with Gasteiger partial charge in [0.05, 0.1) is 5.75 Å². The van der Waals surface area contributed by atoms with E-state index in [4.69, 9.17) is 0 Å². The number of nitrogens with zero attached hydrogens (tertiary/aromatic N) is 1. The van der Waals surface area contributed by atoms with Gasteiger partial charge in [0.2, 0.25) is 0 Å². The molecular weight excluding hydrogens is 290 g/mol. The molecule has 0 radical (unpaired) electrons. The number of thioether (sulfide) groups is 1. The van der Waals surface area contributed by atoms with Crippen LogP contribution in [-0.2, 0) is 9.84 Å². The zero-order valence-corrected chi connectivity index (χ0v) is 13.8. The van der Waals surface area contributed by atoms with Crippen LogP contribution in [0.25, 0.3) is 0 Å². The molecule has 0 aromatic heterocycles. The van der Waals surface area contributed by atoms with Crippen LogP contribution in [0.4, 0.5) is 0 Å². The monoisotopic (exact) mass is 313 g/mol. The van der Waals surface area contributed by atoms with Gasteiger partial charge >= 0.3 is 0 Å². The summed E-state index contributed by atoms with van der Waals surface area (Å²) in [5, 5.41) is 0.546. The van der Waals surface area contributed by atoms with Crippen molar-refractivity contribution in [1.82, 2.24) is 4.90 Å². The normalized spacial score (nSPS) is 24.7. The summed E-state index contributed by atoms with van der Waals surface area (Å²) >= 11 is 2.00. The van der Waals surface area contributed by atoms with E-state index in [1.807, 2.05) is 17.8 Å². The van der Waals surface area contributed by atoms with E-state index in [1.165, 1.54) is 11.8 Å². The van der Waals surface area contributed by atoms with E-state index in [1.54, 1.807) is 0 Å². The first-order valence-electron chi connectivity index (χ1n) is 7.06. The van der Waals surface area contributed by atoms with Crippen molar-refractivity contribution in [3.63, 3.8) is 0 Å². The van der Waals surface area contributed by atoms with Crippen LogP contribution in [0.5, 0.6) is 0 Å². The Morgan fingerprint density at radius 1 is 1.30 bits per heavy atom. The number of sulfone groups is 1. The molecule has 1 aromatic carbocycles. The Balaban J connectivity index is 2.05. The molecule has 1 aliphatic heterocycles. The number of hydrogen-bond donors (Lipinski definition) is 0. The minimum atomic E-state index is -2.85.